The van der Waals surface area contributed by atoms with Gasteiger partial charge in [0, 0.05) is 26.9 Å². The number of hydrogen-bond acceptors (Lipinski definition) is 4. The van der Waals surface area contributed by atoms with E-state index in [1.165, 1.54) is 12.1 Å². The second kappa shape index (κ2) is 6.82. The number of halogens is 2. The number of aromatic carboxylic acids is 4. The van der Waals surface area contributed by atoms with Gasteiger partial charge in [-0.15, -0.1) is 0 Å². The lowest BCUT2D eigenvalue weighted by atomic mass is 9.84. The molecule has 5 aromatic carbocycles. The molecule has 0 aliphatic heterocycles. The van der Waals surface area contributed by atoms with Gasteiger partial charge < -0.3 is 20.4 Å². The Balaban J connectivity index is 2.25. The molecule has 0 amide bonds. The Hall–Kier alpha value is -4.86. The summed E-state index contributed by atoms with van der Waals surface area (Å²) in [5, 5.41) is 36.7. The Bertz CT molecular complexity index is 1670. The van der Waals surface area contributed by atoms with Gasteiger partial charge in [0.25, 0.3) is 0 Å². The maximum Gasteiger partial charge on any atom is 0.336 e. The van der Waals surface area contributed by atoms with E-state index in [0.717, 1.165) is 12.1 Å². The lowest BCUT2D eigenvalue weighted by Crippen LogP contribution is -2.09. The molecule has 0 spiro atoms. The van der Waals surface area contributed by atoms with E-state index in [9.17, 15) is 39.6 Å². The summed E-state index contributed by atoms with van der Waals surface area (Å²) >= 11 is 0. The third-order valence-corrected chi connectivity index (χ3v) is 5.93. The Labute approximate surface area is 186 Å². The van der Waals surface area contributed by atoms with Crippen LogP contribution in [0.1, 0.15) is 41.4 Å². The van der Waals surface area contributed by atoms with Gasteiger partial charge in [-0.25, -0.2) is 28.0 Å². The quantitative estimate of drug-likeness (QED) is 0.219. The molecule has 0 aliphatic rings. The smallest absolute Gasteiger partial charge is 0.336 e. The van der Waals surface area contributed by atoms with Gasteiger partial charge in [-0.3, -0.25) is 0 Å². The van der Waals surface area contributed by atoms with Gasteiger partial charge in [-0.05, 0) is 40.4 Å². The van der Waals surface area contributed by atoms with Gasteiger partial charge in [0.2, 0.25) is 0 Å². The van der Waals surface area contributed by atoms with E-state index < -0.39 is 63.2 Å². The minimum Gasteiger partial charge on any atom is -0.478 e. The Kier molecular flexibility index (Phi) is 4.21. The summed E-state index contributed by atoms with van der Waals surface area (Å²) in [4.78, 5) is 47.4. The largest absolute Gasteiger partial charge is 0.478 e. The Morgan fingerprint density at radius 3 is 1.18 bits per heavy atom. The fourth-order valence-corrected chi connectivity index (χ4v) is 4.70. The van der Waals surface area contributed by atoms with Gasteiger partial charge in [0.15, 0.2) is 0 Å². The molecule has 10 heteroatoms. The molecule has 5 aromatic rings. The third-order valence-electron chi connectivity index (χ3n) is 5.93. The highest BCUT2D eigenvalue weighted by Gasteiger charge is 2.29. The van der Waals surface area contributed by atoms with Crippen molar-refractivity contribution in [2.45, 2.75) is 0 Å². The highest BCUT2D eigenvalue weighted by molar-refractivity contribution is 6.38. The molecule has 0 heterocycles. The number of rotatable bonds is 4. The Morgan fingerprint density at radius 1 is 0.471 bits per heavy atom. The molecule has 0 bridgehead atoms. The first-order valence-electron chi connectivity index (χ1n) is 9.56. The maximum absolute atomic E-state index is 15.4. The third kappa shape index (κ3) is 2.56. The van der Waals surface area contributed by atoms with Crippen molar-refractivity contribution in [3.05, 3.63) is 70.3 Å². The van der Waals surface area contributed by atoms with Gasteiger partial charge >= 0.3 is 23.9 Å². The lowest BCUT2D eigenvalue weighted by Gasteiger charge is -2.19. The predicted molar refractivity (Wildman–Crippen MR) is 115 cm³/mol. The minimum atomic E-state index is -1.64. The van der Waals surface area contributed by atoms with Crippen molar-refractivity contribution in [2.24, 2.45) is 0 Å². The van der Waals surface area contributed by atoms with Crippen molar-refractivity contribution in [2.75, 3.05) is 0 Å². The van der Waals surface area contributed by atoms with E-state index in [-0.39, 0.29) is 37.7 Å². The number of hydrogen-bond donors (Lipinski definition) is 4. The maximum atomic E-state index is 15.4. The molecule has 4 N–H and O–H groups in total. The van der Waals surface area contributed by atoms with Crippen molar-refractivity contribution >= 4 is 67.0 Å². The number of benzene rings is 5. The van der Waals surface area contributed by atoms with Crippen molar-refractivity contribution in [3.8, 4) is 0 Å². The van der Waals surface area contributed by atoms with Gasteiger partial charge in [0.05, 0.1) is 22.3 Å². The van der Waals surface area contributed by atoms with E-state index in [4.69, 9.17) is 0 Å². The first kappa shape index (κ1) is 21.0. The van der Waals surface area contributed by atoms with E-state index in [1.807, 2.05) is 0 Å². The minimum absolute atomic E-state index is 0.0213. The molecular formula is C24H10F2O8. The van der Waals surface area contributed by atoms with Crippen LogP contribution in [-0.4, -0.2) is 44.3 Å². The van der Waals surface area contributed by atoms with E-state index in [0.29, 0.717) is 12.1 Å². The summed E-state index contributed by atoms with van der Waals surface area (Å²) in [6, 6.07) is 5.75. The van der Waals surface area contributed by atoms with Gasteiger partial charge in [-0.1, -0.05) is 12.1 Å². The molecular weight excluding hydrogens is 454 g/mol. The number of carboxylic acids is 4. The highest BCUT2D eigenvalue weighted by Crippen LogP contribution is 2.45. The molecule has 0 aromatic heterocycles. The first-order valence-corrected chi connectivity index (χ1v) is 9.56. The second-order valence-electron chi connectivity index (χ2n) is 7.60. The van der Waals surface area contributed by atoms with Crippen molar-refractivity contribution < 1.29 is 48.4 Å². The lowest BCUT2D eigenvalue weighted by molar-refractivity contribution is 0.0681. The van der Waals surface area contributed by atoms with E-state index in [2.05, 4.69) is 0 Å². The van der Waals surface area contributed by atoms with Crippen LogP contribution in [0, 0.1) is 11.6 Å². The Morgan fingerprint density at radius 2 is 0.824 bits per heavy atom. The highest BCUT2D eigenvalue weighted by atomic mass is 19.1. The molecule has 0 atom stereocenters. The predicted octanol–water partition coefficient (Wildman–Crippen LogP) is 4.81. The summed E-state index contributed by atoms with van der Waals surface area (Å²) < 4.78 is 30.8. The molecule has 168 valence electrons. The van der Waals surface area contributed by atoms with Crippen LogP contribution >= 0.6 is 0 Å². The molecule has 5 rings (SSSR count). The standard InChI is InChI=1S/C24H10F2O8/c25-13-5-11(23(31)32)17-12(24(33)34)6-14(26)19-8-2-4-10(22(29)30)16-9(21(27)28)3-1-7(15(8)16)18(13)20(17)19/h1-6H,(H,27,28)(H,29,30)(H,31,32)(H,33,34). The average molecular weight is 464 g/mol. The number of fused-ring (bicyclic) bond motifs is 2. The topological polar surface area (TPSA) is 149 Å². The summed E-state index contributed by atoms with van der Waals surface area (Å²) in [7, 11) is 0. The van der Waals surface area contributed by atoms with Crippen LogP contribution in [0.2, 0.25) is 0 Å². The number of carboxylic acid groups (broad SMARTS) is 4. The van der Waals surface area contributed by atoms with Crippen LogP contribution in [0.5, 0.6) is 0 Å². The molecule has 8 nitrogen and oxygen atoms in total. The summed E-state index contributed by atoms with van der Waals surface area (Å²) in [6.07, 6.45) is 0. The zero-order chi connectivity index (χ0) is 24.6. The second-order valence-corrected chi connectivity index (χ2v) is 7.60. The molecule has 0 saturated carbocycles. The van der Waals surface area contributed by atoms with E-state index in [1.54, 1.807) is 0 Å². The summed E-state index contributed by atoms with van der Waals surface area (Å²) in [5.74, 6) is -8.45. The van der Waals surface area contributed by atoms with Crippen molar-refractivity contribution in [1.29, 1.82) is 0 Å². The van der Waals surface area contributed by atoms with Crippen molar-refractivity contribution in [1.82, 2.24) is 0 Å². The number of carbonyl (C=O) groups is 4. The zero-order valence-corrected chi connectivity index (χ0v) is 16.6. The SMILES string of the molecule is O=C(O)c1ccc2c3c(F)cc(C(=O)O)c4c(C(=O)O)cc(F)c(c5ccc(C(=O)O)c1c25)c43. The molecule has 0 aliphatic carbocycles. The van der Waals surface area contributed by atoms with Crippen LogP contribution in [0.3, 0.4) is 0 Å². The average Bonchev–Trinajstić information content (AvgIpc) is 2.76. The summed E-state index contributed by atoms with van der Waals surface area (Å²) in [5.41, 5.74) is -2.22. The fraction of sp³-hybridized carbons (Fsp3) is 0. The van der Waals surface area contributed by atoms with E-state index >= 15 is 8.78 Å². The molecule has 0 fully saturated rings. The normalized spacial score (nSPS) is 11.6. The van der Waals surface area contributed by atoms with Gasteiger partial charge in [-0.2, -0.15) is 0 Å². The molecule has 34 heavy (non-hydrogen) atoms. The summed E-state index contributed by atoms with van der Waals surface area (Å²) in [6.45, 7) is 0. The van der Waals surface area contributed by atoms with Crippen LogP contribution in [0.4, 0.5) is 8.78 Å². The van der Waals surface area contributed by atoms with Crippen LogP contribution in [0.25, 0.3) is 43.1 Å². The first-order chi connectivity index (χ1) is 16.0. The molecule has 0 saturated heterocycles. The molecule has 0 radical (unpaired) electrons. The fourth-order valence-electron chi connectivity index (χ4n) is 4.70. The van der Waals surface area contributed by atoms with Crippen LogP contribution < -0.4 is 0 Å². The molecule has 0 unspecified atom stereocenters. The van der Waals surface area contributed by atoms with Crippen LogP contribution in [-0.2, 0) is 0 Å². The van der Waals surface area contributed by atoms with Gasteiger partial charge in [0.1, 0.15) is 11.6 Å². The van der Waals surface area contributed by atoms with Crippen molar-refractivity contribution in [3.63, 3.8) is 0 Å². The van der Waals surface area contributed by atoms with Crippen LogP contribution in [0.15, 0.2) is 36.4 Å². The monoisotopic (exact) mass is 464 g/mol. The zero-order valence-electron chi connectivity index (χ0n) is 16.6.